The van der Waals surface area contributed by atoms with E-state index in [-0.39, 0.29) is 7.43 Å². The van der Waals surface area contributed by atoms with E-state index < -0.39 is 0 Å². The first-order valence-electron chi connectivity index (χ1n) is 3.39. The Bertz CT molecular complexity index is 25.7. The highest BCUT2D eigenvalue weighted by Crippen LogP contribution is 1.81. The fourth-order valence-electron chi connectivity index (χ4n) is 0. The van der Waals surface area contributed by atoms with Crippen LogP contribution in [0.5, 0.6) is 0 Å². The first-order chi connectivity index (χ1) is 3.68. The van der Waals surface area contributed by atoms with Crippen LogP contribution in [0.2, 0.25) is 0 Å². The van der Waals surface area contributed by atoms with Crippen LogP contribution in [0.25, 0.3) is 0 Å². The van der Waals surface area contributed by atoms with E-state index in [4.69, 9.17) is 5.73 Å². The van der Waals surface area contributed by atoms with E-state index in [1.54, 1.807) is 0 Å². The van der Waals surface area contributed by atoms with Crippen LogP contribution in [0.3, 0.4) is 0 Å². The number of hydrogen-bond donors (Lipinski definition) is 1. The van der Waals surface area contributed by atoms with E-state index in [1.807, 2.05) is 0 Å². The van der Waals surface area contributed by atoms with Gasteiger partial charge in [-0.25, -0.2) is 0 Å². The zero-order valence-corrected chi connectivity index (χ0v) is 6.57. The summed E-state index contributed by atoms with van der Waals surface area (Å²) >= 11 is 0. The summed E-state index contributed by atoms with van der Waals surface area (Å²) in [4.78, 5) is 0. The average molecular weight is 133 g/mol. The highest BCUT2D eigenvalue weighted by molar-refractivity contribution is 4.38. The molecule has 0 saturated heterocycles. The molecule has 0 bridgehead atoms. The van der Waals surface area contributed by atoms with Gasteiger partial charge in [0.1, 0.15) is 0 Å². The van der Waals surface area contributed by atoms with Gasteiger partial charge in [0.05, 0.1) is 0 Å². The van der Waals surface area contributed by atoms with Crippen molar-refractivity contribution < 1.29 is 0 Å². The molecule has 0 unspecified atom stereocenters. The van der Waals surface area contributed by atoms with Gasteiger partial charge in [-0.15, -0.1) is 0 Å². The molecule has 1 nitrogen and oxygen atoms in total. The fourth-order valence-corrected chi connectivity index (χ4v) is 0. The van der Waals surface area contributed by atoms with Gasteiger partial charge in [-0.3, -0.25) is 0 Å². The van der Waals surface area contributed by atoms with Crippen LogP contribution >= 0.6 is 0 Å². The Morgan fingerprint density at radius 2 is 1.33 bits per heavy atom. The van der Waals surface area contributed by atoms with Crippen LogP contribution in [-0.4, -0.2) is 6.54 Å². The van der Waals surface area contributed by atoms with Crippen molar-refractivity contribution in [3.63, 3.8) is 0 Å². The van der Waals surface area contributed by atoms with Crippen molar-refractivity contribution >= 4 is 0 Å². The van der Waals surface area contributed by atoms with E-state index >= 15 is 0 Å². The summed E-state index contributed by atoms with van der Waals surface area (Å²) < 4.78 is 0. The quantitative estimate of drug-likeness (QED) is 0.584. The molecule has 1 heteroatoms. The van der Waals surface area contributed by atoms with Crippen molar-refractivity contribution in [2.75, 3.05) is 6.54 Å². The van der Waals surface area contributed by atoms with Crippen molar-refractivity contribution in [1.82, 2.24) is 0 Å². The smallest absolute Gasteiger partial charge is 0.00541 e. The zero-order valence-electron chi connectivity index (χ0n) is 6.57. The van der Waals surface area contributed by atoms with Crippen LogP contribution in [0.1, 0.15) is 41.5 Å². The average Bonchev–Trinajstić information content (AvgIpc) is 1.69. The summed E-state index contributed by atoms with van der Waals surface area (Å²) in [5, 5.41) is 0. The molecule has 0 saturated carbocycles. The zero-order chi connectivity index (χ0) is 6.99. The van der Waals surface area contributed by atoms with Crippen LogP contribution in [-0.2, 0) is 0 Å². The Morgan fingerprint density at radius 3 is 1.33 bits per heavy atom. The lowest BCUT2D eigenvalue weighted by Gasteiger charge is -1.91. The minimum Gasteiger partial charge on any atom is -0.330 e. The van der Waals surface area contributed by atoms with Gasteiger partial charge in [0.2, 0.25) is 0 Å². The second kappa shape index (κ2) is 15.7. The Kier molecular flexibility index (Phi) is 27.8. The van der Waals surface area contributed by atoms with E-state index in [0.29, 0.717) is 5.92 Å². The Labute approximate surface area is 60.6 Å². The van der Waals surface area contributed by atoms with Crippen molar-refractivity contribution in [3.8, 4) is 0 Å². The standard InChI is InChI=1S/C4H11N.C3H8.CH4/c1-4(2)3-5;1-3-2;/h4H,3,5H2,1-2H3;3H2,1-2H3;1H4. The van der Waals surface area contributed by atoms with Gasteiger partial charge >= 0.3 is 0 Å². The minimum absolute atomic E-state index is 0. The van der Waals surface area contributed by atoms with E-state index in [0.717, 1.165) is 6.54 Å². The van der Waals surface area contributed by atoms with E-state index in [9.17, 15) is 0 Å². The Balaban J connectivity index is -0.0000000800. The largest absolute Gasteiger partial charge is 0.330 e. The second-order valence-corrected chi connectivity index (χ2v) is 2.34. The molecule has 0 spiro atoms. The summed E-state index contributed by atoms with van der Waals surface area (Å²) in [5.74, 6) is 0.662. The lowest BCUT2D eigenvalue weighted by Crippen LogP contribution is -2.05. The molecule has 0 rings (SSSR count). The molecule has 0 aromatic rings. The maximum absolute atomic E-state index is 5.17. The topological polar surface area (TPSA) is 26.0 Å². The third kappa shape index (κ3) is 73.6. The molecule has 60 valence electrons. The predicted molar refractivity (Wildman–Crippen MR) is 46.6 cm³/mol. The molecule has 0 aromatic heterocycles. The lowest BCUT2D eigenvalue weighted by atomic mass is 10.2. The normalized spacial score (nSPS) is 7.33. The monoisotopic (exact) mass is 133 g/mol. The highest BCUT2D eigenvalue weighted by Gasteiger charge is 1.80. The molecule has 0 aliphatic rings. The summed E-state index contributed by atoms with van der Waals surface area (Å²) in [6.07, 6.45) is 1.25. The fraction of sp³-hybridized carbons (Fsp3) is 1.00. The maximum Gasteiger partial charge on any atom is -0.00541 e. The summed E-state index contributed by atoms with van der Waals surface area (Å²) in [5.41, 5.74) is 5.17. The van der Waals surface area contributed by atoms with Gasteiger partial charge in [0, 0.05) is 0 Å². The van der Waals surface area contributed by atoms with Crippen molar-refractivity contribution in [2.45, 2.75) is 41.5 Å². The van der Waals surface area contributed by atoms with Gasteiger partial charge < -0.3 is 5.73 Å². The molecule has 0 amide bonds. The van der Waals surface area contributed by atoms with Crippen LogP contribution in [0.15, 0.2) is 0 Å². The van der Waals surface area contributed by atoms with Crippen molar-refractivity contribution in [3.05, 3.63) is 0 Å². The van der Waals surface area contributed by atoms with Crippen molar-refractivity contribution in [2.24, 2.45) is 11.7 Å². The maximum atomic E-state index is 5.17. The predicted octanol–water partition coefficient (Wildman–Crippen LogP) is 2.65. The molecule has 0 atom stereocenters. The lowest BCUT2D eigenvalue weighted by molar-refractivity contribution is 0.664. The molecule has 0 aliphatic heterocycles. The summed E-state index contributed by atoms with van der Waals surface area (Å²) in [6, 6.07) is 0. The number of rotatable bonds is 1. The summed E-state index contributed by atoms with van der Waals surface area (Å²) in [7, 11) is 0. The van der Waals surface area contributed by atoms with Gasteiger partial charge in [-0.05, 0) is 12.5 Å². The second-order valence-electron chi connectivity index (χ2n) is 2.34. The van der Waals surface area contributed by atoms with Gasteiger partial charge in [-0.1, -0.05) is 41.5 Å². The van der Waals surface area contributed by atoms with Crippen molar-refractivity contribution in [1.29, 1.82) is 0 Å². The van der Waals surface area contributed by atoms with Crippen LogP contribution < -0.4 is 5.73 Å². The first kappa shape index (κ1) is 16.0. The molecule has 0 heterocycles. The molecule has 0 radical (unpaired) electrons. The molecule has 0 aromatic carbocycles. The molecule has 0 aliphatic carbocycles. The number of nitrogens with two attached hydrogens (primary N) is 1. The van der Waals surface area contributed by atoms with Crippen LogP contribution in [0.4, 0.5) is 0 Å². The third-order valence-corrected chi connectivity index (χ3v) is 0.471. The molecular weight excluding hydrogens is 110 g/mol. The first-order valence-corrected chi connectivity index (χ1v) is 3.39. The minimum atomic E-state index is 0. The van der Waals surface area contributed by atoms with Crippen LogP contribution in [0, 0.1) is 5.92 Å². The van der Waals surface area contributed by atoms with Gasteiger partial charge in [0.25, 0.3) is 0 Å². The van der Waals surface area contributed by atoms with E-state index in [1.165, 1.54) is 6.42 Å². The molecule has 0 fully saturated rings. The Hall–Kier alpha value is -0.0400. The SMILES string of the molecule is C.CC(C)CN.CCC. The molecule has 9 heavy (non-hydrogen) atoms. The highest BCUT2D eigenvalue weighted by atomic mass is 14.5. The number of hydrogen-bond acceptors (Lipinski definition) is 1. The van der Waals surface area contributed by atoms with Gasteiger partial charge in [-0.2, -0.15) is 0 Å². The Morgan fingerprint density at radius 1 is 1.22 bits per heavy atom. The van der Waals surface area contributed by atoms with E-state index in [2.05, 4.69) is 27.7 Å². The third-order valence-electron chi connectivity index (χ3n) is 0.471. The molecule has 2 N–H and O–H groups in total. The molecular formula is C8H23N. The van der Waals surface area contributed by atoms with Gasteiger partial charge in [0.15, 0.2) is 0 Å². The summed E-state index contributed by atoms with van der Waals surface area (Å²) in [6.45, 7) is 9.25.